The van der Waals surface area contributed by atoms with Gasteiger partial charge in [-0.15, -0.1) is 5.10 Å². The van der Waals surface area contributed by atoms with E-state index in [9.17, 15) is 15.2 Å². The first-order chi connectivity index (χ1) is 39.6. The summed E-state index contributed by atoms with van der Waals surface area (Å²) in [5.74, 6) is 2.83. The van der Waals surface area contributed by atoms with Gasteiger partial charge in [0.2, 0.25) is 11.8 Å². The van der Waals surface area contributed by atoms with Crippen LogP contribution in [-0.4, -0.2) is 99.4 Å². The highest BCUT2D eigenvalue weighted by Gasteiger charge is 2.76. The summed E-state index contributed by atoms with van der Waals surface area (Å²) in [6, 6.07) is 47.2. The number of morpholine rings is 2. The van der Waals surface area contributed by atoms with E-state index >= 15 is 19.2 Å². The summed E-state index contributed by atoms with van der Waals surface area (Å²) in [5.41, 5.74) is 3.33. The molecule has 7 aromatic carbocycles. The first-order valence-electron chi connectivity index (χ1n) is 26.4. The number of nitrogens with zero attached hydrogens (tertiary/aromatic N) is 7. The molecule has 406 valence electrons. The number of fused-ring (bicyclic) bond motifs is 4. The predicted octanol–water partition coefficient (Wildman–Crippen LogP) is 8.24. The average Bonchev–Trinajstić information content (AvgIpc) is 2.47. The van der Waals surface area contributed by atoms with Gasteiger partial charge >= 0.3 is 12.1 Å². The Morgan fingerprint density at radius 2 is 1.51 bits per heavy atom. The molecule has 4 aliphatic heterocycles. The van der Waals surface area contributed by atoms with Gasteiger partial charge in [-0.2, -0.15) is 0 Å². The number of nitro benzene ring substituents is 1. The number of anilines is 3. The number of non-ortho nitro benzene ring substituents is 1. The molecule has 19 nitrogen and oxygen atoms in total. The second-order valence-corrected chi connectivity index (χ2v) is 19.9. The van der Waals surface area contributed by atoms with Gasteiger partial charge in [-0.3, -0.25) is 29.4 Å². The van der Waals surface area contributed by atoms with Crippen molar-refractivity contribution in [2.24, 2.45) is 5.92 Å². The van der Waals surface area contributed by atoms with Crippen LogP contribution in [0.15, 0.2) is 176 Å². The molecule has 19 heteroatoms. The van der Waals surface area contributed by atoms with Crippen molar-refractivity contribution >= 4 is 57.7 Å². The van der Waals surface area contributed by atoms with Gasteiger partial charge in [0.1, 0.15) is 48.6 Å². The van der Waals surface area contributed by atoms with E-state index in [1.807, 2.05) is 102 Å². The molecule has 81 heavy (non-hydrogen) atoms. The summed E-state index contributed by atoms with van der Waals surface area (Å²) in [5, 5.41) is 32.9. The number of para-hydroxylation sites is 1. The molecule has 8 aromatic rings. The molecular formula is C62H52N8O11. The summed E-state index contributed by atoms with van der Waals surface area (Å²) >= 11 is 0. The van der Waals surface area contributed by atoms with Crippen LogP contribution < -0.4 is 19.9 Å². The Balaban J connectivity index is 1.07. The maximum absolute atomic E-state index is 16.9. The van der Waals surface area contributed by atoms with E-state index in [1.54, 1.807) is 59.3 Å². The maximum Gasteiger partial charge on any atom is 0.421 e. The number of hydrogen-bond donors (Lipinski definition) is 2. The van der Waals surface area contributed by atoms with Gasteiger partial charge in [-0.05, 0) is 107 Å². The van der Waals surface area contributed by atoms with Crippen LogP contribution >= 0.6 is 0 Å². The Kier molecular flexibility index (Phi) is 14.2. The molecule has 1 aromatic heterocycles. The lowest BCUT2D eigenvalue weighted by atomic mass is 9.65. The number of ether oxygens (including phenoxy) is 4. The first-order valence-corrected chi connectivity index (χ1v) is 26.4. The minimum absolute atomic E-state index is 0.00296. The zero-order valence-corrected chi connectivity index (χ0v) is 43.4. The van der Waals surface area contributed by atoms with Crippen molar-refractivity contribution in [3.63, 3.8) is 0 Å². The smallest absolute Gasteiger partial charge is 0.421 e. The highest BCUT2D eigenvalue weighted by molar-refractivity contribution is 6.24. The van der Waals surface area contributed by atoms with Crippen LogP contribution in [0, 0.1) is 27.9 Å². The quantitative estimate of drug-likeness (QED) is 0.0480. The largest absolute Gasteiger partial charge is 0.491 e. The van der Waals surface area contributed by atoms with E-state index in [4.69, 9.17) is 18.9 Å². The van der Waals surface area contributed by atoms with Crippen LogP contribution in [0.2, 0.25) is 0 Å². The molecule has 6 unspecified atom stereocenters. The predicted molar refractivity (Wildman–Crippen MR) is 297 cm³/mol. The number of carbonyl (C=O) groups is 4. The molecule has 0 saturated carbocycles. The Morgan fingerprint density at radius 1 is 0.802 bits per heavy atom. The van der Waals surface area contributed by atoms with Crippen LogP contribution in [0.3, 0.4) is 0 Å². The molecule has 5 heterocycles. The minimum atomic E-state index is -2.17. The number of nitro groups is 1. The second kappa shape index (κ2) is 22.2. The Hall–Kier alpha value is -9.74. The zero-order valence-electron chi connectivity index (χ0n) is 43.4. The molecule has 3 amide bonds. The lowest BCUT2D eigenvalue weighted by molar-refractivity contribution is -0.384. The number of cyclic esters (lactones) is 1. The minimum Gasteiger partial charge on any atom is -0.491 e. The number of nitrogens with one attached hydrogen (secondary N) is 1. The van der Waals surface area contributed by atoms with E-state index in [-0.39, 0.29) is 43.3 Å². The summed E-state index contributed by atoms with van der Waals surface area (Å²) in [7, 11) is 0. The highest BCUT2D eigenvalue weighted by atomic mass is 16.6. The molecule has 2 N–H and O–H groups in total. The first kappa shape index (κ1) is 52.0. The summed E-state index contributed by atoms with van der Waals surface area (Å²) in [6.45, 7) is 1.97. The number of hydrogen-bond acceptors (Lipinski definition) is 15. The van der Waals surface area contributed by atoms with E-state index in [1.165, 1.54) is 24.3 Å². The summed E-state index contributed by atoms with van der Waals surface area (Å²) < 4.78 is 25.7. The number of imide groups is 1. The zero-order chi connectivity index (χ0) is 55.6. The van der Waals surface area contributed by atoms with Crippen LogP contribution in [0.1, 0.15) is 51.6 Å². The Bertz CT molecular complexity index is 3730. The van der Waals surface area contributed by atoms with Gasteiger partial charge < -0.3 is 34.3 Å². The van der Waals surface area contributed by atoms with E-state index in [2.05, 4.69) is 32.4 Å². The third-order valence-electron chi connectivity index (χ3n) is 15.4. The van der Waals surface area contributed by atoms with Crippen LogP contribution in [0.25, 0.3) is 11.0 Å². The summed E-state index contributed by atoms with van der Waals surface area (Å²) in [4.78, 5) is 79.9. The third-order valence-corrected chi connectivity index (χ3v) is 15.4. The summed E-state index contributed by atoms with van der Waals surface area (Å²) in [6.07, 6.45) is -2.09. The lowest BCUT2D eigenvalue weighted by Crippen LogP contribution is -2.54. The van der Waals surface area contributed by atoms with Gasteiger partial charge in [-0.25, -0.2) is 14.4 Å². The number of aliphatic hydroxyl groups excluding tert-OH is 1. The second-order valence-electron chi connectivity index (χ2n) is 19.9. The van der Waals surface area contributed by atoms with Gasteiger partial charge in [0.05, 0.1) is 53.9 Å². The van der Waals surface area contributed by atoms with E-state index in [0.29, 0.717) is 71.1 Å². The van der Waals surface area contributed by atoms with Crippen LogP contribution in [0.5, 0.6) is 5.75 Å². The van der Waals surface area contributed by atoms with Crippen molar-refractivity contribution < 1.29 is 48.2 Å². The van der Waals surface area contributed by atoms with Crippen molar-refractivity contribution in [1.82, 2.24) is 19.9 Å². The molecule has 4 aliphatic rings. The van der Waals surface area contributed by atoms with Crippen molar-refractivity contribution in [3.05, 3.63) is 219 Å². The van der Waals surface area contributed by atoms with Crippen molar-refractivity contribution in [2.45, 2.75) is 42.8 Å². The number of benzene rings is 7. The number of rotatable bonds is 13. The fourth-order valence-electron chi connectivity index (χ4n) is 11.8. The van der Waals surface area contributed by atoms with Crippen molar-refractivity contribution in [3.8, 4) is 17.6 Å². The number of esters is 1. The number of aliphatic hydroxyl groups is 1. The van der Waals surface area contributed by atoms with Crippen molar-refractivity contribution in [1.29, 1.82) is 0 Å². The van der Waals surface area contributed by atoms with Crippen LogP contribution in [0.4, 0.5) is 27.5 Å². The number of carbonyl (C=O) groups excluding carboxylic acids is 4. The molecule has 0 radical (unpaired) electrons. The normalized spacial score (nSPS) is 21.2. The molecular weight excluding hydrogens is 1030 g/mol. The Morgan fingerprint density at radius 3 is 2.22 bits per heavy atom. The Labute approximate surface area is 464 Å². The van der Waals surface area contributed by atoms with Gasteiger partial charge in [0, 0.05) is 42.2 Å². The van der Waals surface area contributed by atoms with E-state index in [0.717, 1.165) is 16.1 Å². The van der Waals surface area contributed by atoms with E-state index < -0.39 is 64.4 Å². The lowest BCUT2D eigenvalue weighted by Gasteiger charge is -2.46. The van der Waals surface area contributed by atoms with Gasteiger partial charge in [0.15, 0.2) is 0 Å². The maximum atomic E-state index is 16.9. The molecule has 0 aliphatic carbocycles. The molecule has 6 atom stereocenters. The average molecular weight is 1090 g/mol. The third kappa shape index (κ3) is 9.64. The van der Waals surface area contributed by atoms with Crippen LogP contribution in [-0.2, 0) is 47.2 Å². The van der Waals surface area contributed by atoms with Gasteiger partial charge in [-0.1, -0.05) is 102 Å². The molecule has 3 fully saturated rings. The number of aromatic nitrogens is 3. The van der Waals surface area contributed by atoms with Gasteiger partial charge in [0.25, 0.3) is 5.69 Å². The molecule has 0 bridgehead atoms. The molecule has 1 spiro atoms. The highest BCUT2D eigenvalue weighted by Crippen LogP contribution is 2.66. The fraction of sp³-hybridized carbons (Fsp3) is 0.226. The standard InChI is InChI=1S/C62H52N8O11/c71-34-37-79-48-28-20-44(21-29-48)57-62(49-38-40(10-9-31-67-52-16-8-7-15-50(52)64-65-67)19-30-51(49)68(60(62)74)61(75)80-39-41-17-24-47(25-18-41)70(76)77)53(58(72)63-45-22-26-46(27-23-45)66-32-35-78-36-33-66)55-59(73)81-56(43-13-5-2-6-14-43)54(69(55)57)42-11-3-1-4-12-42/h1-8,11-30,38,53-57,71H,31-37,39H2,(H,63,72). The SMILES string of the molecule is O=C1OC(c2ccccc2)C(c2ccccc2)N2C1C(C(=O)Nc1ccc(N3CCOCC3)cc1)C1(C(=O)N(C(=O)OCc3ccc([N+](=O)[O-])cc3)c3ccc(C#CCn4nnc5ccccc54)cc31)C2c1ccc(OCCO)cc1. The fourth-order valence-corrected chi connectivity index (χ4v) is 11.8. The topological polar surface area (TPSA) is 221 Å². The van der Waals surface area contributed by atoms with Crippen molar-refractivity contribution in [2.75, 3.05) is 54.6 Å². The monoisotopic (exact) mass is 1080 g/mol. The number of amides is 3. The molecule has 12 rings (SSSR count). The molecule has 3 saturated heterocycles.